The van der Waals surface area contributed by atoms with Crippen molar-refractivity contribution in [3.63, 3.8) is 0 Å². The van der Waals surface area contributed by atoms with E-state index in [9.17, 15) is 0 Å². The highest BCUT2D eigenvalue weighted by Crippen LogP contribution is 2.33. The Labute approximate surface area is 127 Å². The van der Waals surface area contributed by atoms with Crippen LogP contribution in [0, 0.1) is 5.92 Å². The van der Waals surface area contributed by atoms with Crippen LogP contribution in [0.4, 0.5) is 0 Å². The van der Waals surface area contributed by atoms with Crippen LogP contribution in [-0.2, 0) is 6.42 Å². The Morgan fingerprint density at radius 2 is 2.20 bits per heavy atom. The summed E-state index contributed by atoms with van der Waals surface area (Å²) in [6.07, 6.45) is 7.34. The van der Waals surface area contributed by atoms with E-state index in [4.69, 9.17) is 22.1 Å². The summed E-state index contributed by atoms with van der Waals surface area (Å²) in [7, 11) is 0. The van der Waals surface area contributed by atoms with Crippen LogP contribution in [0.2, 0.25) is 5.02 Å². The average molecular weight is 296 g/mol. The average Bonchev–Trinajstić information content (AvgIpc) is 2.41. The second kappa shape index (κ2) is 7.33. The normalized spacial score (nSPS) is 24.4. The third-order valence-corrected chi connectivity index (χ3v) is 4.46. The van der Waals surface area contributed by atoms with Crippen LogP contribution in [0.1, 0.15) is 51.5 Å². The number of nitrogens with two attached hydrogens (primary N) is 1. The zero-order chi connectivity index (χ0) is 14.5. The maximum Gasteiger partial charge on any atom is 0.138 e. The highest BCUT2D eigenvalue weighted by atomic mass is 35.5. The summed E-state index contributed by atoms with van der Waals surface area (Å²) in [6, 6.07) is 6.21. The lowest BCUT2D eigenvalue weighted by molar-refractivity contribution is 0.122. The number of ether oxygens (including phenoxy) is 1. The van der Waals surface area contributed by atoms with Crippen molar-refractivity contribution in [1.82, 2.24) is 0 Å². The Morgan fingerprint density at radius 1 is 1.40 bits per heavy atom. The summed E-state index contributed by atoms with van der Waals surface area (Å²) in [5.74, 6) is 1.63. The fourth-order valence-electron chi connectivity index (χ4n) is 3.04. The molecule has 20 heavy (non-hydrogen) atoms. The van der Waals surface area contributed by atoms with Crippen LogP contribution in [0.25, 0.3) is 0 Å². The Kier molecular flexibility index (Phi) is 5.74. The van der Waals surface area contributed by atoms with E-state index >= 15 is 0 Å². The predicted molar refractivity (Wildman–Crippen MR) is 85.5 cm³/mol. The molecule has 2 nitrogen and oxygen atoms in total. The zero-order valence-electron chi connectivity index (χ0n) is 12.6. The fourth-order valence-corrected chi connectivity index (χ4v) is 3.29. The van der Waals surface area contributed by atoms with Gasteiger partial charge in [-0.3, -0.25) is 0 Å². The molecule has 2 rings (SSSR count). The Morgan fingerprint density at radius 3 is 2.85 bits per heavy atom. The number of benzene rings is 1. The van der Waals surface area contributed by atoms with Crippen molar-refractivity contribution in [2.45, 2.75) is 64.5 Å². The molecular formula is C17H26ClNO. The largest absolute Gasteiger partial charge is 0.489 e. The van der Waals surface area contributed by atoms with Gasteiger partial charge in [-0.2, -0.15) is 0 Å². The van der Waals surface area contributed by atoms with E-state index in [-0.39, 0.29) is 6.04 Å². The van der Waals surface area contributed by atoms with Gasteiger partial charge in [0, 0.05) is 6.04 Å². The molecule has 3 unspecified atom stereocenters. The highest BCUT2D eigenvalue weighted by Gasteiger charge is 2.22. The van der Waals surface area contributed by atoms with Crippen LogP contribution in [0.15, 0.2) is 18.2 Å². The van der Waals surface area contributed by atoms with Gasteiger partial charge in [0.25, 0.3) is 0 Å². The maximum absolute atomic E-state index is 6.34. The lowest BCUT2D eigenvalue weighted by atomic mass is 9.85. The standard InChI is InChI=1S/C17H26ClNO/c1-3-13-5-4-6-15(10-13)20-17-8-7-14(9-12(2)19)11-16(17)18/h7-8,11-13,15H,3-6,9-10,19H2,1-2H3. The van der Waals surface area contributed by atoms with Crippen molar-refractivity contribution in [1.29, 1.82) is 0 Å². The highest BCUT2D eigenvalue weighted by molar-refractivity contribution is 6.32. The summed E-state index contributed by atoms with van der Waals surface area (Å²) in [6.45, 7) is 4.27. The van der Waals surface area contributed by atoms with Gasteiger partial charge in [0.2, 0.25) is 0 Å². The number of hydrogen-bond donors (Lipinski definition) is 1. The third-order valence-electron chi connectivity index (χ3n) is 4.16. The molecule has 0 amide bonds. The summed E-state index contributed by atoms with van der Waals surface area (Å²) in [5, 5.41) is 0.710. The summed E-state index contributed by atoms with van der Waals surface area (Å²) >= 11 is 6.34. The van der Waals surface area contributed by atoms with Crippen molar-refractivity contribution in [2.75, 3.05) is 0 Å². The van der Waals surface area contributed by atoms with Gasteiger partial charge in [-0.15, -0.1) is 0 Å². The smallest absolute Gasteiger partial charge is 0.138 e. The molecule has 1 aliphatic rings. The second-order valence-electron chi connectivity index (χ2n) is 6.13. The maximum atomic E-state index is 6.34. The molecule has 1 saturated carbocycles. The first kappa shape index (κ1) is 15.7. The van der Waals surface area contributed by atoms with E-state index in [1.54, 1.807) is 0 Å². The third kappa shape index (κ3) is 4.39. The van der Waals surface area contributed by atoms with Gasteiger partial charge < -0.3 is 10.5 Å². The Hall–Kier alpha value is -0.730. The van der Waals surface area contributed by atoms with E-state index in [1.165, 1.54) is 24.8 Å². The fraction of sp³-hybridized carbons (Fsp3) is 0.647. The number of rotatable bonds is 5. The zero-order valence-corrected chi connectivity index (χ0v) is 13.3. The molecule has 1 aliphatic carbocycles. The first-order valence-electron chi connectivity index (χ1n) is 7.79. The van der Waals surface area contributed by atoms with Crippen molar-refractivity contribution >= 4 is 11.6 Å². The molecule has 112 valence electrons. The molecule has 0 spiro atoms. The molecule has 1 fully saturated rings. The van der Waals surface area contributed by atoms with Gasteiger partial charge in [-0.05, 0) is 56.2 Å². The van der Waals surface area contributed by atoms with Gasteiger partial charge in [0.15, 0.2) is 0 Å². The Bertz CT molecular complexity index is 433. The van der Waals surface area contributed by atoms with Crippen LogP contribution in [0.3, 0.4) is 0 Å². The molecule has 0 saturated heterocycles. The van der Waals surface area contributed by atoms with E-state index in [1.807, 2.05) is 19.1 Å². The van der Waals surface area contributed by atoms with E-state index in [2.05, 4.69) is 13.0 Å². The lowest BCUT2D eigenvalue weighted by Gasteiger charge is -2.29. The summed E-state index contributed by atoms with van der Waals surface area (Å²) in [5.41, 5.74) is 6.99. The SMILES string of the molecule is CCC1CCCC(Oc2ccc(CC(C)N)cc2Cl)C1. The molecule has 0 aromatic heterocycles. The van der Waals surface area contributed by atoms with Crippen LogP contribution < -0.4 is 10.5 Å². The number of halogens is 1. The molecule has 0 radical (unpaired) electrons. The van der Waals surface area contributed by atoms with E-state index in [0.29, 0.717) is 11.1 Å². The lowest BCUT2D eigenvalue weighted by Crippen LogP contribution is -2.25. The van der Waals surface area contributed by atoms with Crippen molar-refractivity contribution < 1.29 is 4.74 Å². The van der Waals surface area contributed by atoms with Gasteiger partial charge in [0.1, 0.15) is 5.75 Å². The minimum atomic E-state index is 0.154. The molecule has 1 aromatic carbocycles. The molecule has 3 atom stereocenters. The number of hydrogen-bond acceptors (Lipinski definition) is 2. The van der Waals surface area contributed by atoms with Crippen LogP contribution in [0.5, 0.6) is 5.75 Å². The predicted octanol–water partition coefficient (Wildman–Crippen LogP) is 4.58. The van der Waals surface area contributed by atoms with Gasteiger partial charge in [-0.25, -0.2) is 0 Å². The quantitative estimate of drug-likeness (QED) is 0.863. The van der Waals surface area contributed by atoms with Crippen LogP contribution >= 0.6 is 11.6 Å². The summed E-state index contributed by atoms with van der Waals surface area (Å²) in [4.78, 5) is 0. The molecule has 2 N–H and O–H groups in total. The molecule has 0 heterocycles. The first-order valence-corrected chi connectivity index (χ1v) is 8.17. The molecular weight excluding hydrogens is 270 g/mol. The van der Waals surface area contributed by atoms with Crippen molar-refractivity contribution in [2.24, 2.45) is 11.7 Å². The molecule has 0 bridgehead atoms. The first-order chi connectivity index (χ1) is 9.58. The Balaban J connectivity index is 1.98. The van der Waals surface area contributed by atoms with Crippen molar-refractivity contribution in [3.05, 3.63) is 28.8 Å². The van der Waals surface area contributed by atoms with Gasteiger partial charge in [-0.1, -0.05) is 37.4 Å². The van der Waals surface area contributed by atoms with Gasteiger partial charge in [0.05, 0.1) is 11.1 Å². The van der Waals surface area contributed by atoms with E-state index < -0.39 is 0 Å². The van der Waals surface area contributed by atoms with Gasteiger partial charge >= 0.3 is 0 Å². The van der Waals surface area contributed by atoms with Crippen molar-refractivity contribution in [3.8, 4) is 5.75 Å². The minimum absolute atomic E-state index is 0.154. The molecule has 0 aliphatic heterocycles. The van der Waals surface area contributed by atoms with Crippen LogP contribution in [-0.4, -0.2) is 12.1 Å². The summed E-state index contributed by atoms with van der Waals surface area (Å²) < 4.78 is 6.11. The minimum Gasteiger partial charge on any atom is -0.489 e. The van der Waals surface area contributed by atoms with E-state index in [0.717, 1.165) is 30.9 Å². The molecule has 1 aromatic rings. The topological polar surface area (TPSA) is 35.2 Å². The second-order valence-corrected chi connectivity index (χ2v) is 6.53. The monoisotopic (exact) mass is 295 g/mol. The molecule has 3 heteroatoms.